The molecule has 0 saturated heterocycles. The predicted molar refractivity (Wildman–Crippen MR) is 86.0 cm³/mol. The summed E-state index contributed by atoms with van der Waals surface area (Å²) in [5.41, 5.74) is 0.453. The molecule has 0 aliphatic carbocycles. The van der Waals surface area contributed by atoms with Gasteiger partial charge in [0, 0.05) is 11.6 Å². The molecule has 2 aromatic carbocycles. The number of benzene rings is 2. The quantitative estimate of drug-likeness (QED) is 0.353. The fourth-order valence-electron chi connectivity index (χ4n) is 2.14. The molecule has 6 heteroatoms. The van der Waals surface area contributed by atoms with Gasteiger partial charge in [0.15, 0.2) is 17.3 Å². The molecule has 0 fully saturated rings. The Kier molecular flexibility index (Phi) is 5.09. The molecule has 0 aliphatic rings. The Morgan fingerprint density at radius 1 is 1.09 bits per heavy atom. The molecule has 6 nitrogen and oxygen atoms in total. The average Bonchev–Trinajstić information content (AvgIpc) is 2.58. The zero-order valence-electron chi connectivity index (χ0n) is 12.7. The van der Waals surface area contributed by atoms with Gasteiger partial charge in [0.25, 0.3) is 5.69 Å². The summed E-state index contributed by atoms with van der Waals surface area (Å²) in [6.07, 6.45) is 2.82. The van der Waals surface area contributed by atoms with Crippen LogP contribution >= 0.6 is 0 Å². The van der Waals surface area contributed by atoms with E-state index < -0.39 is 10.7 Å². The number of carbonyl (C=O) groups is 1. The van der Waals surface area contributed by atoms with Crippen molar-refractivity contribution in [3.8, 4) is 11.5 Å². The third kappa shape index (κ3) is 3.55. The Morgan fingerprint density at radius 3 is 2.48 bits per heavy atom. The number of para-hydroxylation sites is 2. The number of rotatable bonds is 6. The minimum absolute atomic E-state index is 0.0376. The molecular weight excluding hydrogens is 298 g/mol. The van der Waals surface area contributed by atoms with E-state index in [0.29, 0.717) is 17.1 Å². The Balaban J connectivity index is 2.35. The van der Waals surface area contributed by atoms with Crippen molar-refractivity contribution in [1.29, 1.82) is 0 Å². The number of ether oxygens (including phenoxy) is 2. The summed E-state index contributed by atoms with van der Waals surface area (Å²) >= 11 is 0. The number of methoxy groups -OCH3 is 2. The van der Waals surface area contributed by atoms with Crippen LogP contribution in [0.2, 0.25) is 0 Å². The van der Waals surface area contributed by atoms with Gasteiger partial charge in [-0.15, -0.1) is 0 Å². The second-order valence-corrected chi connectivity index (χ2v) is 4.55. The minimum atomic E-state index is -0.576. The van der Waals surface area contributed by atoms with Gasteiger partial charge < -0.3 is 9.47 Å². The largest absolute Gasteiger partial charge is 0.493 e. The zero-order valence-corrected chi connectivity index (χ0v) is 12.7. The number of ketones is 1. The van der Waals surface area contributed by atoms with E-state index in [1.807, 2.05) is 0 Å². The lowest BCUT2D eigenvalue weighted by Gasteiger charge is -2.09. The molecule has 0 bridgehead atoms. The molecule has 0 radical (unpaired) electrons. The Labute approximate surface area is 133 Å². The van der Waals surface area contributed by atoms with E-state index in [-0.39, 0.29) is 11.3 Å². The topological polar surface area (TPSA) is 78.7 Å². The molecule has 2 rings (SSSR count). The highest BCUT2D eigenvalue weighted by atomic mass is 16.6. The van der Waals surface area contributed by atoms with Crippen molar-refractivity contribution in [2.75, 3.05) is 14.2 Å². The third-order valence-corrected chi connectivity index (χ3v) is 3.21. The summed E-state index contributed by atoms with van der Waals surface area (Å²) in [6.45, 7) is 0. The van der Waals surface area contributed by atoms with Crippen LogP contribution < -0.4 is 9.47 Å². The molecule has 0 aromatic heterocycles. The lowest BCUT2D eigenvalue weighted by molar-refractivity contribution is -0.385. The van der Waals surface area contributed by atoms with E-state index in [0.717, 1.165) is 0 Å². The van der Waals surface area contributed by atoms with E-state index >= 15 is 0 Å². The Morgan fingerprint density at radius 2 is 1.83 bits per heavy atom. The van der Waals surface area contributed by atoms with Gasteiger partial charge in [0.05, 0.1) is 24.7 Å². The Hall–Kier alpha value is -3.15. The number of nitro groups is 1. The zero-order chi connectivity index (χ0) is 16.8. The van der Waals surface area contributed by atoms with Crippen molar-refractivity contribution in [3.05, 3.63) is 69.8 Å². The maximum absolute atomic E-state index is 12.2. The second kappa shape index (κ2) is 7.22. The molecule has 0 aliphatic heterocycles. The van der Waals surface area contributed by atoms with Crippen LogP contribution in [0.4, 0.5) is 5.69 Å². The molecule has 23 heavy (non-hydrogen) atoms. The minimum Gasteiger partial charge on any atom is -0.493 e. The highest BCUT2D eigenvalue weighted by molar-refractivity contribution is 6.09. The maximum atomic E-state index is 12.2. The summed E-state index contributed by atoms with van der Waals surface area (Å²) in [4.78, 5) is 22.6. The fraction of sp³-hybridized carbons (Fsp3) is 0.118. The van der Waals surface area contributed by atoms with Crippen molar-refractivity contribution in [1.82, 2.24) is 0 Å². The predicted octanol–water partition coefficient (Wildman–Crippen LogP) is 3.51. The van der Waals surface area contributed by atoms with Crippen LogP contribution in [0.25, 0.3) is 6.08 Å². The summed E-state index contributed by atoms with van der Waals surface area (Å²) in [5, 5.41) is 11.0. The molecule has 0 amide bonds. The van der Waals surface area contributed by atoms with Crippen LogP contribution in [0.15, 0.2) is 48.5 Å². The SMILES string of the molecule is COc1cccc(/C=C/C(=O)c2ccccc2[N+](=O)[O-])c1OC. The molecule has 2 aromatic rings. The first-order valence-corrected chi connectivity index (χ1v) is 6.75. The smallest absolute Gasteiger partial charge is 0.280 e. The molecule has 0 atom stereocenters. The van der Waals surface area contributed by atoms with Gasteiger partial charge in [-0.05, 0) is 24.3 Å². The van der Waals surface area contributed by atoms with Crippen LogP contribution in [-0.4, -0.2) is 24.9 Å². The van der Waals surface area contributed by atoms with Crippen molar-refractivity contribution in [2.45, 2.75) is 0 Å². The van der Waals surface area contributed by atoms with E-state index in [1.54, 1.807) is 30.3 Å². The number of hydrogen-bond donors (Lipinski definition) is 0. The van der Waals surface area contributed by atoms with E-state index in [9.17, 15) is 14.9 Å². The van der Waals surface area contributed by atoms with E-state index in [1.165, 1.54) is 38.5 Å². The summed E-state index contributed by atoms with van der Waals surface area (Å²) in [6, 6.07) is 11.1. The normalized spacial score (nSPS) is 10.5. The maximum Gasteiger partial charge on any atom is 0.280 e. The summed E-state index contributed by atoms with van der Waals surface area (Å²) in [5.74, 6) is 0.566. The second-order valence-electron chi connectivity index (χ2n) is 4.55. The van der Waals surface area contributed by atoms with Crippen LogP contribution in [0.3, 0.4) is 0 Å². The van der Waals surface area contributed by atoms with Crippen LogP contribution in [0.5, 0.6) is 11.5 Å². The first-order valence-electron chi connectivity index (χ1n) is 6.75. The van der Waals surface area contributed by atoms with Gasteiger partial charge in [-0.2, -0.15) is 0 Å². The van der Waals surface area contributed by atoms with Gasteiger partial charge >= 0.3 is 0 Å². The summed E-state index contributed by atoms with van der Waals surface area (Å²) < 4.78 is 10.5. The molecule has 118 valence electrons. The van der Waals surface area contributed by atoms with Crippen molar-refractivity contribution in [3.63, 3.8) is 0 Å². The van der Waals surface area contributed by atoms with Crippen LogP contribution in [0.1, 0.15) is 15.9 Å². The highest BCUT2D eigenvalue weighted by Crippen LogP contribution is 2.31. The average molecular weight is 313 g/mol. The monoisotopic (exact) mass is 313 g/mol. The number of allylic oxidation sites excluding steroid dienone is 1. The first-order chi connectivity index (χ1) is 11.1. The molecule has 0 saturated carbocycles. The lowest BCUT2D eigenvalue weighted by Crippen LogP contribution is -2.00. The van der Waals surface area contributed by atoms with Gasteiger partial charge in [0.2, 0.25) is 0 Å². The van der Waals surface area contributed by atoms with Crippen molar-refractivity contribution in [2.24, 2.45) is 0 Å². The number of nitro benzene ring substituents is 1. The van der Waals surface area contributed by atoms with Crippen LogP contribution in [-0.2, 0) is 0 Å². The third-order valence-electron chi connectivity index (χ3n) is 3.21. The van der Waals surface area contributed by atoms with Gasteiger partial charge in [-0.25, -0.2) is 0 Å². The summed E-state index contributed by atoms with van der Waals surface area (Å²) in [7, 11) is 3.02. The first kappa shape index (κ1) is 16.2. The molecule has 0 unspecified atom stereocenters. The molecule has 0 N–H and O–H groups in total. The van der Waals surface area contributed by atoms with Crippen molar-refractivity contribution >= 4 is 17.5 Å². The lowest BCUT2D eigenvalue weighted by atomic mass is 10.1. The van der Waals surface area contributed by atoms with Gasteiger partial charge in [-0.1, -0.05) is 24.3 Å². The fourth-order valence-corrected chi connectivity index (χ4v) is 2.14. The highest BCUT2D eigenvalue weighted by Gasteiger charge is 2.17. The molecule has 0 heterocycles. The number of carbonyl (C=O) groups excluding carboxylic acids is 1. The molecule has 0 spiro atoms. The number of hydrogen-bond acceptors (Lipinski definition) is 5. The van der Waals surface area contributed by atoms with Gasteiger partial charge in [0.1, 0.15) is 0 Å². The standard InChI is InChI=1S/C17H15NO5/c1-22-16-9-5-6-12(17(16)23-2)10-11-15(19)13-7-3-4-8-14(13)18(20)21/h3-11H,1-2H3/b11-10+. The molecular formula is C17H15NO5. The Bertz CT molecular complexity index is 767. The van der Waals surface area contributed by atoms with Crippen molar-refractivity contribution < 1.29 is 19.2 Å². The van der Waals surface area contributed by atoms with Crippen LogP contribution in [0, 0.1) is 10.1 Å². The van der Waals surface area contributed by atoms with Gasteiger partial charge in [-0.3, -0.25) is 14.9 Å². The van der Waals surface area contributed by atoms with E-state index in [4.69, 9.17) is 9.47 Å². The van der Waals surface area contributed by atoms with E-state index in [2.05, 4.69) is 0 Å². The number of nitrogens with zero attached hydrogens (tertiary/aromatic N) is 1.